The zero-order chi connectivity index (χ0) is 17.2. The van der Waals surface area contributed by atoms with Crippen molar-refractivity contribution in [1.29, 1.82) is 0 Å². The van der Waals surface area contributed by atoms with E-state index in [1.54, 1.807) is 4.90 Å². The minimum Gasteiger partial charge on any atom is -0.332 e. The summed E-state index contributed by atoms with van der Waals surface area (Å²) >= 11 is 0. The molecule has 2 unspecified atom stereocenters. The molecule has 1 aliphatic heterocycles. The topological polar surface area (TPSA) is 54.5 Å². The van der Waals surface area contributed by atoms with Crippen molar-refractivity contribution in [2.45, 2.75) is 71.8 Å². The second-order valence-electron chi connectivity index (χ2n) is 7.05. The molecule has 0 aromatic carbocycles. The lowest BCUT2D eigenvalue weighted by atomic mass is 10.1. The Kier molecular flexibility index (Phi) is 8.82. The van der Waals surface area contributed by atoms with Gasteiger partial charge in [0.25, 0.3) is 0 Å². The molecule has 1 aliphatic rings. The number of nitrogens with zero attached hydrogens (tertiary/aromatic N) is 1. The van der Waals surface area contributed by atoms with E-state index >= 15 is 0 Å². The number of carbonyl (C=O) groups is 3. The molecule has 0 aromatic heterocycles. The lowest BCUT2D eigenvalue weighted by molar-refractivity contribution is -0.140. The lowest BCUT2D eigenvalue weighted by Crippen LogP contribution is -2.40. The number of Topliss-reactive ketones (excluding diaryl/α,β-unsaturated/α-hetero) is 1. The smallest absolute Gasteiger partial charge is 0.223 e. The molecule has 4 nitrogen and oxygen atoms in total. The summed E-state index contributed by atoms with van der Waals surface area (Å²) in [5.41, 5.74) is 0. The predicted octanol–water partition coefficient (Wildman–Crippen LogP) is 3.54. The molecule has 0 spiro atoms. The summed E-state index contributed by atoms with van der Waals surface area (Å²) in [5, 5.41) is 0. The highest BCUT2D eigenvalue weighted by Gasteiger charge is 2.36. The monoisotopic (exact) mass is 321 g/mol. The number of likely N-dealkylation sites (tertiary alicyclic amines) is 1. The number of unbranched alkanes of at least 4 members (excludes halogenated alkanes) is 4. The average molecular weight is 321 g/mol. The van der Waals surface area contributed by atoms with Crippen LogP contribution in [0.3, 0.4) is 0 Å². The number of rotatable bonds is 10. The van der Waals surface area contributed by atoms with Gasteiger partial charge in [0, 0.05) is 13.0 Å². The molecule has 0 radical (unpaired) electrons. The van der Waals surface area contributed by atoms with E-state index < -0.39 is 11.8 Å². The van der Waals surface area contributed by atoms with Gasteiger partial charge in [-0.25, -0.2) is 0 Å². The molecule has 0 saturated carbocycles. The van der Waals surface area contributed by atoms with Gasteiger partial charge in [-0.2, -0.15) is 0 Å². The third-order valence-electron chi connectivity index (χ3n) is 4.31. The normalized spacial score (nSPS) is 21.3. The summed E-state index contributed by atoms with van der Waals surface area (Å²) in [6.07, 6.45) is 11.2. The molecule has 0 aromatic rings. The van der Waals surface area contributed by atoms with Gasteiger partial charge >= 0.3 is 0 Å². The average Bonchev–Trinajstić information content (AvgIpc) is 2.90. The van der Waals surface area contributed by atoms with Crippen LogP contribution in [-0.2, 0) is 14.4 Å². The maximum absolute atomic E-state index is 12.3. The summed E-state index contributed by atoms with van der Waals surface area (Å²) in [6.45, 7) is 6.96. The summed E-state index contributed by atoms with van der Waals surface area (Å²) in [7, 11) is 0. The van der Waals surface area contributed by atoms with Crippen LogP contribution < -0.4 is 0 Å². The van der Waals surface area contributed by atoms with E-state index in [0.717, 1.165) is 32.1 Å². The number of aldehydes is 1. The molecule has 0 N–H and O–H groups in total. The first-order valence-corrected chi connectivity index (χ1v) is 8.90. The molecule has 4 heteroatoms. The summed E-state index contributed by atoms with van der Waals surface area (Å²) in [5.74, 6) is 0.465. The predicted molar refractivity (Wildman–Crippen MR) is 92.0 cm³/mol. The maximum Gasteiger partial charge on any atom is 0.223 e. The minimum atomic E-state index is -0.517. The molecule has 1 fully saturated rings. The van der Waals surface area contributed by atoms with Gasteiger partial charge in [-0.05, 0) is 37.5 Å². The standard InChI is InChI=1S/C19H31NO3/c1-15(2)10-8-6-4-5-7-9-11-19(23)20-13-16(3)12-17(20)18(22)14-21/h8,10,14-17H,4-7,9,11-13H2,1-3H3/b10-8-. The highest BCUT2D eigenvalue weighted by molar-refractivity contribution is 6.28. The molecular formula is C19H31NO3. The number of hydrogen-bond acceptors (Lipinski definition) is 3. The van der Waals surface area contributed by atoms with Gasteiger partial charge < -0.3 is 4.90 Å². The highest BCUT2D eigenvalue weighted by Crippen LogP contribution is 2.24. The minimum absolute atomic E-state index is 0.0225. The van der Waals surface area contributed by atoms with Crippen molar-refractivity contribution >= 4 is 18.0 Å². The number of ketones is 1. The Labute approximate surface area is 140 Å². The van der Waals surface area contributed by atoms with Gasteiger partial charge in [-0.1, -0.05) is 45.8 Å². The largest absolute Gasteiger partial charge is 0.332 e. The van der Waals surface area contributed by atoms with Crippen LogP contribution in [0.2, 0.25) is 0 Å². The molecule has 1 amide bonds. The van der Waals surface area contributed by atoms with Crippen LogP contribution in [-0.4, -0.2) is 35.5 Å². The van der Waals surface area contributed by atoms with Crippen molar-refractivity contribution in [3.63, 3.8) is 0 Å². The van der Waals surface area contributed by atoms with Gasteiger partial charge in [-0.3, -0.25) is 14.4 Å². The Morgan fingerprint density at radius 2 is 1.87 bits per heavy atom. The number of allylic oxidation sites excluding steroid dienone is 2. The molecule has 1 saturated heterocycles. The van der Waals surface area contributed by atoms with Crippen LogP contribution >= 0.6 is 0 Å². The second kappa shape index (κ2) is 10.3. The van der Waals surface area contributed by atoms with Gasteiger partial charge in [-0.15, -0.1) is 0 Å². The van der Waals surface area contributed by atoms with Crippen molar-refractivity contribution < 1.29 is 14.4 Å². The number of amides is 1. The Hall–Kier alpha value is -1.45. The Balaban J connectivity index is 2.23. The van der Waals surface area contributed by atoms with E-state index in [2.05, 4.69) is 26.0 Å². The quantitative estimate of drug-likeness (QED) is 0.268. The number of hydrogen-bond donors (Lipinski definition) is 0. The van der Waals surface area contributed by atoms with E-state index in [4.69, 9.17) is 0 Å². The Bertz CT molecular complexity index is 428. The first kappa shape index (κ1) is 19.6. The van der Waals surface area contributed by atoms with Crippen LogP contribution in [0, 0.1) is 11.8 Å². The molecular weight excluding hydrogens is 290 g/mol. The first-order chi connectivity index (χ1) is 11.0. The van der Waals surface area contributed by atoms with Gasteiger partial charge in [0.2, 0.25) is 11.7 Å². The summed E-state index contributed by atoms with van der Waals surface area (Å²) in [6, 6.07) is -0.517. The number of carbonyl (C=O) groups excluding carboxylic acids is 3. The van der Waals surface area contributed by atoms with Gasteiger partial charge in [0.05, 0.1) is 6.04 Å². The SMILES string of the molecule is CC(C)/C=C\CCCCCCC(=O)N1CC(C)CC1C(=O)C=O. The van der Waals surface area contributed by atoms with E-state index in [9.17, 15) is 14.4 Å². The van der Waals surface area contributed by atoms with Gasteiger partial charge in [0.15, 0.2) is 6.29 Å². The first-order valence-electron chi connectivity index (χ1n) is 8.90. The van der Waals surface area contributed by atoms with E-state index in [1.807, 2.05) is 6.92 Å². The molecule has 1 rings (SSSR count). The fourth-order valence-electron chi connectivity index (χ4n) is 3.07. The third-order valence-corrected chi connectivity index (χ3v) is 4.31. The van der Waals surface area contributed by atoms with Crippen LogP contribution in [0.15, 0.2) is 12.2 Å². The van der Waals surface area contributed by atoms with Crippen LogP contribution in [0.4, 0.5) is 0 Å². The molecule has 2 atom stereocenters. The van der Waals surface area contributed by atoms with Crippen LogP contribution in [0.5, 0.6) is 0 Å². The van der Waals surface area contributed by atoms with Crippen LogP contribution in [0.1, 0.15) is 65.7 Å². The highest BCUT2D eigenvalue weighted by atomic mass is 16.2. The summed E-state index contributed by atoms with van der Waals surface area (Å²) < 4.78 is 0. The Morgan fingerprint density at radius 1 is 1.17 bits per heavy atom. The van der Waals surface area contributed by atoms with Crippen molar-refractivity contribution in [2.75, 3.05) is 6.54 Å². The van der Waals surface area contributed by atoms with E-state index in [0.29, 0.717) is 37.5 Å². The zero-order valence-electron chi connectivity index (χ0n) is 14.8. The molecule has 1 heterocycles. The van der Waals surface area contributed by atoms with Crippen molar-refractivity contribution in [1.82, 2.24) is 4.90 Å². The van der Waals surface area contributed by atoms with Crippen molar-refractivity contribution in [3.8, 4) is 0 Å². The lowest BCUT2D eigenvalue weighted by Gasteiger charge is -2.22. The second-order valence-corrected chi connectivity index (χ2v) is 7.05. The van der Waals surface area contributed by atoms with Crippen molar-refractivity contribution in [3.05, 3.63) is 12.2 Å². The van der Waals surface area contributed by atoms with Crippen molar-refractivity contribution in [2.24, 2.45) is 11.8 Å². The third kappa shape index (κ3) is 7.10. The summed E-state index contributed by atoms with van der Waals surface area (Å²) in [4.78, 5) is 36.2. The molecule has 0 aliphatic carbocycles. The fourth-order valence-corrected chi connectivity index (χ4v) is 3.07. The van der Waals surface area contributed by atoms with Crippen LogP contribution in [0.25, 0.3) is 0 Å². The molecule has 130 valence electrons. The fraction of sp³-hybridized carbons (Fsp3) is 0.737. The molecule has 0 bridgehead atoms. The van der Waals surface area contributed by atoms with E-state index in [-0.39, 0.29) is 5.91 Å². The maximum atomic E-state index is 12.3. The Morgan fingerprint density at radius 3 is 2.52 bits per heavy atom. The van der Waals surface area contributed by atoms with E-state index in [1.165, 1.54) is 0 Å². The molecule has 23 heavy (non-hydrogen) atoms. The van der Waals surface area contributed by atoms with Gasteiger partial charge in [0.1, 0.15) is 0 Å². The zero-order valence-corrected chi connectivity index (χ0v) is 14.8.